The molecule has 0 N–H and O–H groups in total. The molecule has 0 aliphatic heterocycles. The van der Waals surface area contributed by atoms with Crippen LogP contribution in [-0.4, -0.2) is 30.1 Å². The summed E-state index contributed by atoms with van der Waals surface area (Å²) in [4.78, 5) is 7.08. The van der Waals surface area contributed by atoms with Crippen molar-refractivity contribution >= 4 is 29.2 Å². The van der Waals surface area contributed by atoms with Gasteiger partial charge in [-0.3, -0.25) is 0 Å². The number of halogens is 1. The van der Waals surface area contributed by atoms with Gasteiger partial charge in [0.1, 0.15) is 5.82 Å². The van der Waals surface area contributed by atoms with Gasteiger partial charge in [0.2, 0.25) is 0 Å². The van der Waals surface area contributed by atoms with Crippen molar-refractivity contribution in [3.8, 4) is 0 Å². The van der Waals surface area contributed by atoms with E-state index >= 15 is 0 Å². The maximum Gasteiger partial charge on any atom is 0.129 e. The first-order chi connectivity index (χ1) is 9.15. The largest absolute Gasteiger partial charge is 0.356 e. The Kier molecular flexibility index (Phi) is 7.62. The Hall–Kier alpha value is -0.410. The van der Waals surface area contributed by atoms with E-state index in [1.165, 1.54) is 5.56 Å². The molecular formula is C15H25ClN2S. The number of aromatic nitrogens is 1. The number of anilines is 1. The van der Waals surface area contributed by atoms with E-state index in [0.29, 0.717) is 11.9 Å². The quantitative estimate of drug-likeness (QED) is 0.664. The van der Waals surface area contributed by atoms with Gasteiger partial charge in [-0.2, -0.15) is 11.8 Å². The van der Waals surface area contributed by atoms with Crippen LogP contribution < -0.4 is 4.90 Å². The standard InChI is InChI=1S/C15H25ClN2S/c1-5-7-13-8-12(10-16)9-15(17-13)18(3)14(6-2)11-19-4/h8-9,14H,5-7,10-11H2,1-4H3. The highest BCUT2D eigenvalue weighted by atomic mass is 35.5. The van der Waals surface area contributed by atoms with Gasteiger partial charge in [-0.1, -0.05) is 20.3 Å². The molecule has 0 fully saturated rings. The number of pyridine rings is 1. The van der Waals surface area contributed by atoms with E-state index in [-0.39, 0.29) is 0 Å². The monoisotopic (exact) mass is 300 g/mol. The molecule has 4 heteroatoms. The summed E-state index contributed by atoms with van der Waals surface area (Å²) in [5.74, 6) is 2.74. The van der Waals surface area contributed by atoms with E-state index in [0.717, 1.165) is 36.5 Å². The maximum absolute atomic E-state index is 6.00. The third-order valence-electron chi connectivity index (χ3n) is 3.32. The molecule has 0 aromatic carbocycles. The molecule has 0 saturated carbocycles. The van der Waals surface area contributed by atoms with Crippen LogP contribution in [0.3, 0.4) is 0 Å². The highest BCUT2D eigenvalue weighted by Crippen LogP contribution is 2.21. The third kappa shape index (κ3) is 4.88. The minimum atomic E-state index is 0.530. The average molecular weight is 301 g/mol. The number of alkyl halides is 1. The molecule has 1 atom stereocenters. The van der Waals surface area contributed by atoms with Gasteiger partial charge >= 0.3 is 0 Å². The Morgan fingerprint density at radius 3 is 2.63 bits per heavy atom. The number of hydrogen-bond acceptors (Lipinski definition) is 3. The fourth-order valence-corrected chi connectivity index (χ4v) is 3.16. The minimum absolute atomic E-state index is 0.530. The zero-order valence-electron chi connectivity index (χ0n) is 12.4. The van der Waals surface area contributed by atoms with E-state index in [1.54, 1.807) is 0 Å². The first kappa shape index (κ1) is 16.6. The molecule has 19 heavy (non-hydrogen) atoms. The second-order valence-electron chi connectivity index (χ2n) is 4.84. The maximum atomic E-state index is 6.00. The lowest BCUT2D eigenvalue weighted by Crippen LogP contribution is -2.34. The molecule has 1 rings (SSSR count). The lowest BCUT2D eigenvalue weighted by atomic mass is 10.1. The summed E-state index contributed by atoms with van der Waals surface area (Å²) >= 11 is 7.89. The van der Waals surface area contributed by atoms with Crippen molar-refractivity contribution in [2.24, 2.45) is 0 Å². The molecule has 1 unspecified atom stereocenters. The summed E-state index contributed by atoms with van der Waals surface area (Å²) in [7, 11) is 2.14. The molecule has 0 spiro atoms. The molecule has 0 aliphatic rings. The molecule has 2 nitrogen and oxygen atoms in total. The van der Waals surface area contributed by atoms with Crippen LogP contribution in [0.25, 0.3) is 0 Å². The van der Waals surface area contributed by atoms with E-state index in [2.05, 4.69) is 44.2 Å². The van der Waals surface area contributed by atoms with Gasteiger partial charge in [-0.15, -0.1) is 11.6 Å². The lowest BCUT2D eigenvalue weighted by Gasteiger charge is -2.28. The smallest absolute Gasteiger partial charge is 0.129 e. The molecule has 1 aromatic rings. The van der Waals surface area contributed by atoms with Gasteiger partial charge in [0.15, 0.2) is 0 Å². The normalized spacial score (nSPS) is 12.5. The zero-order chi connectivity index (χ0) is 14.3. The number of nitrogens with zero attached hydrogens (tertiary/aromatic N) is 2. The molecular weight excluding hydrogens is 276 g/mol. The Labute approximate surface area is 126 Å². The summed E-state index contributed by atoms with van der Waals surface area (Å²) in [5.41, 5.74) is 2.32. The molecule has 108 valence electrons. The number of aryl methyl sites for hydroxylation is 1. The molecule has 0 aliphatic carbocycles. The Morgan fingerprint density at radius 2 is 2.11 bits per heavy atom. The van der Waals surface area contributed by atoms with Gasteiger partial charge in [0.05, 0.1) is 0 Å². The predicted molar refractivity (Wildman–Crippen MR) is 88.7 cm³/mol. The van der Waals surface area contributed by atoms with E-state index in [9.17, 15) is 0 Å². The van der Waals surface area contributed by atoms with Gasteiger partial charge in [-0.25, -0.2) is 4.98 Å². The number of rotatable bonds is 8. The van der Waals surface area contributed by atoms with E-state index < -0.39 is 0 Å². The van der Waals surface area contributed by atoms with Gasteiger partial charge in [0, 0.05) is 30.4 Å². The fourth-order valence-electron chi connectivity index (χ4n) is 2.16. The van der Waals surface area contributed by atoms with Gasteiger partial charge in [0.25, 0.3) is 0 Å². The van der Waals surface area contributed by atoms with Crippen LogP contribution in [0.2, 0.25) is 0 Å². The molecule has 0 radical (unpaired) electrons. The van der Waals surface area contributed by atoms with Crippen molar-refractivity contribution in [2.45, 2.75) is 45.0 Å². The SMILES string of the molecule is CCCc1cc(CCl)cc(N(C)C(CC)CSC)n1. The Balaban J connectivity index is 2.99. The zero-order valence-corrected chi connectivity index (χ0v) is 14.0. The summed E-state index contributed by atoms with van der Waals surface area (Å²) in [6, 6.07) is 4.78. The first-order valence-electron chi connectivity index (χ1n) is 6.93. The molecule has 1 heterocycles. The van der Waals surface area contributed by atoms with Crippen LogP contribution in [0.15, 0.2) is 12.1 Å². The van der Waals surface area contributed by atoms with Crippen LogP contribution >= 0.6 is 23.4 Å². The molecule has 1 aromatic heterocycles. The van der Waals surface area contributed by atoms with Crippen molar-refractivity contribution in [3.05, 3.63) is 23.4 Å². The van der Waals surface area contributed by atoms with Crippen LogP contribution in [0.1, 0.15) is 37.9 Å². The topological polar surface area (TPSA) is 16.1 Å². The summed E-state index contributed by atoms with van der Waals surface area (Å²) in [5, 5.41) is 0. The number of hydrogen-bond donors (Lipinski definition) is 0. The number of thioether (sulfide) groups is 1. The summed E-state index contributed by atoms with van der Waals surface area (Å²) < 4.78 is 0. The molecule has 0 amide bonds. The second-order valence-corrected chi connectivity index (χ2v) is 6.01. The van der Waals surface area contributed by atoms with Gasteiger partial charge in [-0.05, 0) is 36.8 Å². The Morgan fingerprint density at radius 1 is 1.37 bits per heavy atom. The van der Waals surface area contributed by atoms with Crippen LogP contribution in [0.4, 0.5) is 5.82 Å². The van der Waals surface area contributed by atoms with Crippen molar-refractivity contribution in [1.82, 2.24) is 4.98 Å². The van der Waals surface area contributed by atoms with E-state index in [1.807, 2.05) is 11.8 Å². The highest BCUT2D eigenvalue weighted by molar-refractivity contribution is 7.98. The van der Waals surface area contributed by atoms with Crippen molar-refractivity contribution in [2.75, 3.05) is 24.0 Å². The Bertz CT molecular complexity index is 384. The highest BCUT2D eigenvalue weighted by Gasteiger charge is 2.15. The van der Waals surface area contributed by atoms with E-state index in [4.69, 9.17) is 16.6 Å². The van der Waals surface area contributed by atoms with Crippen molar-refractivity contribution in [1.29, 1.82) is 0 Å². The van der Waals surface area contributed by atoms with Crippen LogP contribution in [0, 0.1) is 0 Å². The summed E-state index contributed by atoms with van der Waals surface area (Å²) in [6.45, 7) is 4.41. The minimum Gasteiger partial charge on any atom is -0.356 e. The lowest BCUT2D eigenvalue weighted by molar-refractivity contribution is 0.663. The third-order valence-corrected chi connectivity index (χ3v) is 4.35. The first-order valence-corrected chi connectivity index (χ1v) is 8.86. The molecule has 0 bridgehead atoms. The van der Waals surface area contributed by atoms with Gasteiger partial charge < -0.3 is 4.90 Å². The van der Waals surface area contributed by atoms with Crippen LogP contribution in [0.5, 0.6) is 0 Å². The predicted octanol–water partition coefficient (Wildman–Crippen LogP) is 4.35. The summed E-state index contributed by atoms with van der Waals surface area (Å²) in [6.07, 6.45) is 5.42. The van der Waals surface area contributed by atoms with Crippen molar-refractivity contribution < 1.29 is 0 Å². The van der Waals surface area contributed by atoms with Crippen LogP contribution in [-0.2, 0) is 12.3 Å². The van der Waals surface area contributed by atoms with Crippen molar-refractivity contribution in [3.63, 3.8) is 0 Å². The average Bonchev–Trinajstić information content (AvgIpc) is 2.44. The fraction of sp³-hybridized carbons (Fsp3) is 0.667. The second kappa shape index (κ2) is 8.70. The molecule has 0 saturated heterocycles.